The Balaban J connectivity index is 2.27. The van der Waals surface area contributed by atoms with Gasteiger partial charge in [0.2, 0.25) is 10.0 Å². The maximum atomic E-state index is 12.5. The molecule has 1 fully saturated rings. The molecule has 0 radical (unpaired) electrons. The molecule has 1 heterocycles. The quantitative estimate of drug-likeness (QED) is 0.665. The Bertz CT molecular complexity index is 596. The van der Waals surface area contributed by atoms with Crippen LogP contribution in [-0.2, 0) is 10.0 Å². The van der Waals surface area contributed by atoms with E-state index in [-0.39, 0.29) is 5.92 Å². The van der Waals surface area contributed by atoms with Crippen LogP contribution in [0.5, 0.6) is 0 Å². The molecule has 1 N–H and O–H groups in total. The summed E-state index contributed by atoms with van der Waals surface area (Å²) in [7, 11) is -3.45. The van der Waals surface area contributed by atoms with Crippen molar-refractivity contribution in [2.75, 3.05) is 13.1 Å². The fourth-order valence-corrected chi connectivity index (χ4v) is 3.91. The number of aryl methyl sites for hydroxylation is 1. The minimum absolute atomic E-state index is 0.0571. The van der Waals surface area contributed by atoms with E-state index in [4.69, 9.17) is 5.21 Å². The van der Waals surface area contributed by atoms with E-state index in [1.807, 2.05) is 19.9 Å². The van der Waals surface area contributed by atoms with Crippen molar-refractivity contribution in [1.82, 2.24) is 4.31 Å². The lowest BCUT2D eigenvalue weighted by Gasteiger charge is -2.30. The summed E-state index contributed by atoms with van der Waals surface area (Å²) in [6, 6.07) is 6.91. The Morgan fingerprint density at radius 3 is 2.74 bits per heavy atom. The molecule has 1 aliphatic heterocycles. The first-order chi connectivity index (χ1) is 8.95. The third-order valence-electron chi connectivity index (χ3n) is 3.42. The fraction of sp³-hybridized carbons (Fsp3) is 0.462. The summed E-state index contributed by atoms with van der Waals surface area (Å²) in [6.45, 7) is 4.46. The second-order valence-electron chi connectivity index (χ2n) is 4.92. The molecule has 1 unspecified atom stereocenters. The number of hydrogen-bond donors (Lipinski definition) is 1. The number of sulfonamides is 1. The highest BCUT2D eigenvalue weighted by Gasteiger charge is 2.31. The monoisotopic (exact) mass is 282 g/mol. The first kappa shape index (κ1) is 14.0. The summed E-state index contributed by atoms with van der Waals surface area (Å²) in [5.74, 6) is -0.0571. The molecule has 0 bridgehead atoms. The van der Waals surface area contributed by atoms with Crippen molar-refractivity contribution in [3.63, 3.8) is 0 Å². The van der Waals surface area contributed by atoms with Gasteiger partial charge in [-0.2, -0.15) is 4.31 Å². The van der Waals surface area contributed by atoms with Crippen LogP contribution in [0.4, 0.5) is 0 Å². The van der Waals surface area contributed by atoms with E-state index in [1.165, 1.54) is 4.31 Å². The van der Waals surface area contributed by atoms with Crippen LogP contribution < -0.4 is 0 Å². The predicted molar refractivity (Wildman–Crippen MR) is 72.9 cm³/mol. The maximum absolute atomic E-state index is 12.5. The molecule has 1 saturated heterocycles. The van der Waals surface area contributed by atoms with E-state index in [0.717, 1.165) is 5.56 Å². The second-order valence-corrected chi connectivity index (χ2v) is 6.86. The zero-order valence-corrected chi connectivity index (χ0v) is 11.9. The molecule has 2 rings (SSSR count). The molecule has 1 aromatic rings. The predicted octanol–water partition coefficient (Wildman–Crippen LogP) is 1.86. The van der Waals surface area contributed by atoms with Gasteiger partial charge in [-0.05, 0) is 24.6 Å². The van der Waals surface area contributed by atoms with Gasteiger partial charge in [-0.1, -0.05) is 24.2 Å². The van der Waals surface area contributed by atoms with Gasteiger partial charge in [0.05, 0.1) is 10.6 Å². The van der Waals surface area contributed by atoms with Gasteiger partial charge in [0.15, 0.2) is 0 Å². The molecule has 1 aromatic carbocycles. The Hall–Kier alpha value is -1.40. The number of rotatable bonds is 2. The topological polar surface area (TPSA) is 70.0 Å². The average Bonchev–Trinajstić information content (AvgIpc) is 2.38. The number of benzene rings is 1. The van der Waals surface area contributed by atoms with Gasteiger partial charge in [0.1, 0.15) is 0 Å². The van der Waals surface area contributed by atoms with Crippen molar-refractivity contribution >= 4 is 15.7 Å². The molecular formula is C13H18N2O3S. The maximum Gasteiger partial charge on any atom is 0.243 e. The fourth-order valence-electron chi connectivity index (χ4n) is 2.28. The highest BCUT2D eigenvalue weighted by molar-refractivity contribution is 7.89. The van der Waals surface area contributed by atoms with Crippen molar-refractivity contribution in [2.45, 2.75) is 25.2 Å². The van der Waals surface area contributed by atoms with Crippen LogP contribution in [0.1, 0.15) is 18.9 Å². The summed E-state index contributed by atoms with van der Waals surface area (Å²) in [5, 5.41) is 12.1. The zero-order chi connectivity index (χ0) is 14.0. The Kier molecular flexibility index (Phi) is 3.91. The van der Waals surface area contributed by atoms with E-state index >= 15 is 0 Å². The molecule has 0 amide bonds. The standard InChI is InChI=1S/C13H18N2O3S/c1-10-4-3-5-12(8-10)19(17,18)15-7-6-13(14-16)11(2)9-15/h3-5,8,11,16H,6-7,9H2,1-2H3/b14-13+. The van der Waals surface area contributed by atoms with Gasteiger partial charge in [-0.3, -0.25) is 0 Å². The third-order valence-corrected chi connectivity index (χ3v) is 5.28. The van der Waals surface area contributed by atoms with Crippen molar-refractivity contribution in [2.24, 2.45) is 11.1 Å². The van der Waals surface area contributed by atoms with E-state index in [9.17, 15) is 8.42 Å². The van der Waals surface area contributed by atoms with Gasteiger partial charge in [-0.15, -0.1) is 0 Å². The van der Waals surface area contributed by atoms with Crippen LogP contribution in [0, 0.1) is 12.8 Å². The van der Waals surface area contributed by atoms with Gasteiger partial charge in [0.25, 0.3) is 0 Å². The van der Waals surface area contributed by atoms with Crippen LogP contribution in [0.25, 0.3) is 0 Å². The van der Waals surface area contributed by atoms with Crippen LogP contribution in [0.2, 0.25) is 0 Å². The summed E-state index contributed by atoms with van der Waals surface area (Å²) in [6.07, 6.45) is 0.475. The molecule has 0 aromatic heterocycles. The zero-order valence-electron chi connectivity index (χ0n) is 11.1. The summed E-state index contributed by atoms with van der Waals surface area (Å²) in [5.41, 5.74) is 1.58. The minimum Gasteiger partial charge on any atom is -0.411 e. The molecular weight excluding hydrogens is 264 g/mol. The summed E-state index contributed by atoms with van der Waals surface area (Å²) in [4.78, 5) is 0.323. The van der Waals surface area contributed by atoms with E-state index in [0.29, 0.717) is 30.1 Å². The van der Waals surface area contributed by atoms with Crippen molar-refractivity contribution in [1.29, 1.82) is 0 Å². The highest BCUT2D eigenvalue weighted by atomic mass is 32.2. The number of nitrogens with zero attached hydrogens (tertiary/aromatic N) is 2. The average molecular weight is 282 g/mol. The van der Waals surface area contributed by atoms with Gasteiger partial charge in [-0.25, -0.2) is 8.42 Å². The summed E-state index contributed by atoms with van der Waals surface area (Å²) >= 11 is 0. The Morgan fingerprint density at radius 2 is 2.16 bits per heavy atom. The van der Waals surface area contributed by atoms with Crippen LogP contribution in [0.3, 0.4) is 0 Å². The molecule has 0 saturated carbocycles. The number of piperidine rings is 1. The molecule has 19 heavy (non-hydrogen) atoms. The lowest BCUT2D eigenvalue weighted by atomic mass is 10.00. The molecule has 1 atom stereocenters. The number of oxime groups is 1. The second kappa shape index (κ2) is 5.30. The lowest BCUT2D eigenvalue weighted by Crippen LogP contribution is -2.43. The van der Waals surface area contributed by atoms with Gasteiger partial charge >= 0.3 is 0 Å². The van der Waals surface area contributed by atoms with Crippen LogP contribution >= 0.6 is 0 Å². The van der Waals surface area contributed by atoms with E-state index in [2.05, 4.69) is 5.16 Å². The molecule has 104 valence electrons. The van der Waals surface area contributed by atoms with Gasteiger partial charge in [0, 0.05) is 25.4 Å². The van der Waals surface area contributed by atoms with Crippen molar-refractivity contribution in [3.05, 3.63) is 29.8 Å². The first-order valence-electron chi connectivity index (χ1n) is 6.23. The van der Waals surface area contributed by atoms with Crippen LogP contribution in [-0.4, -0.2) is 36.7 Å². The Labute approximate surface area is 113 Å². The molecule has 1 aliphatic rings. The van der Waals surface area contributed by atoms with Crippen molar-refractivity contribution in [3.8, 4) is 0 Å². The molecule has 0 spiro atoms. The highest BCUT2D eigenvalue weighted by Crippen LogP contribution is 2.22. The molecule has 5 nitrogen and oxygen atoms in total. The van der Waals surface area contributed by atoms with E-state index in [1.54, 1.807) is 18.2 Å². The number of hydrogen-bond acceptors (Lipinski definition) is 4. The molecule has 6 heteroatoms. The third kappa shape index (κ3) is 2.79. The van der Waals surface area contributed by atoms with Crippen LogP contribution in [0.15, 0.2) is 34.3 Å². The Morgan fingerprint density at radius 1 is 1.42 bits per heavy atom. The van der Waals surface area contributed by atoms with Gasteiger partial charge < -0.3 is 5.21 Å². The lowest BCUT2D eigenvalue weighted by molar-refractivity contribution is 0.300. The minimum atomic E-state index is -3.45. The first-order valence-corrected chi connectivity index (χ1v) is 7.67. The summed E-state index contributed by atoms with van der Waals surface area (Å²) < 4.78 is 26.5. The van der Waals surface area contributed by atoms with Crippen molar-refractivity contribution < 1.29 is 13.6 Å². The molecule has 0 aliphatic carbocycles. The SMILES string of the molecule is Cc1cccc(S(=O)(=O)N2CC/C(=N\O)C(C)C2)c1. The van der Waals surface area contributed by atoms with E-state index < -0.39 is 10.0 Å². The smallest absolute Gasteiger partial charge is 0.243 e. The normalized spacial score (nSPS) is 23.7. The largest absolute Gasteiger partial charge is 0.411 e.